The van der Waals surface area contributed by atoms with E-state index in [4.69, 9.17) is 0 Å². The molecule has 3 atom stereocenters. The average Bonchev–Trinajstić information content (AvgIpc) is 3.06. The Kier molecular flexibility index (Phi) is 5.81. The summed E-state index contributed by atoms with van der Waals surface area (Å²) in [6, 6.07) is 8.24. The second-order valence-electron chi connectivity index (χ2n) is 5.88. The van der Waals surface area contributed by atoms with Gasteiger partial charge in [0, 0.05) is 0 Å². The number of nitrogens with one attached hydrogen (secondary N) is 3. The first kappa shape index (κ1) is 17.0. The first-order valence-corrected chi connectivity index (χ1v) is 10.4. The molecular weight excluding hydrogens is 508 g/mol. The van der Waals surface area contributed by atoms with Crippen molar-refractivity contribution in [2.45, 2.75) is 36.6 Å². The number of rotatable bonds is 6. The van der Waals surface area contributed by atoms with Gasteiger partial charge in [-0.05, 0) is 0 Å². The fraction of sp³-hybridized carbons (Fsp3) is 0.500. The van der Waals surface area contributed by atoms with E-state index in [0.717, 1.165) is 33.9 Å². The van der Waals surface area contributed by atoms with Gasteiger partial charge in [0.1, 0.15) is 0 Å². The van der Waals surface area contributed by atoms with Crippen LogP contribution in [-0.4, -0.2) is 41.6 Å². The van der Waals surface area contributed by atoms with Gasteiger partial charge in [0.25, 0.3) is 0 Å². The second kappa shape index (κ2) is 7.84. The molecule has 0 saturated carbocycles. The van der Waals surface area contributed by atoms with Gasteiger partial charge < -0.3 is 5.32 Å². The zero-order valence-electron chi connectivity index (χ0n) is 12.7. The van der Waals surface area contributed by atoms with Crippen LogP contribution in [0.15, 0.2) is 24.3 Å². The van der Waals surface area contributed by atoms with Gasteiger partial charge >= 0.3 is 146 Å². The summed E-state index contributed by atoms with van der Waals surface area (Å²) in [4.78, 5) is 23.4. The number of urea groups is 1. The van der Waals surface area contributed by atoms with Crippen LogP contribution in [-0.2, 0) is 0 Å². The molecule has 2 aliphatic heterocycles. The van der Waals surface area contributed by atoms with Gasteiger partial charge in [0.15, 0.2) is 0 Å². The van der Waals surface area contributed by atoms with Gasteiger partial charge in [-0.15, -0.1) is 0 Å². The van der Waals surface area contributed by atoms with Crippen molar-refractivity contribution in [3.05, 3.63) is 29.8 Å². The Labute approximate surface area is 155 Å². The van der Waals surface area contributed by atoms with E-state index in [9.17, 15) is 9.59 Å². The molecule has 0 bridgehead atoms. The van der Waals surface area contributed by atoms with Crippen molar-refractivity contribution >= 4 is 27.0 Å². The van der Waals surface area contributed by atoms with Crippen molar-refractivity contribution in [3.8, 4) is 0 Å². The maximum atomic E-state index is 12.0. The first-order valence-electron chi connectivity index (χ1n) is 7.86. The normalized spacial score (nSPS) is 25.6. The molecule has 1 aromatic rings. The molecule has 3 N–H and O–H groups in total. The van der Waals surface area contributed by atoms with Crippen LogP contribution in [0.4, 0.5) is 4.79 Å². The van der Waals surface area contributed by atoms with E-state index in [1.165, 1.54) is 0 Å². The number of amides is 3. The summed E-state index contributed by atoms with van der Waals surface area (Å²) in [5.74, 6) is 1.00. The van der Waals surface area contributed by atoms with Gasteiger partial charge in [-0.1, -0.05) is 0 Å². The molecular formula is C16H20AtN3O2S. The van der Waals surface area contributed by atoms with Crippen LogP contribution in [0.25, 0.3) is 0 Å². The molecule has 3 amide bonds. The monoisotopic (exact) mass is 528 g/mol. The Hall–Kier alpha value is -0.807. The predicted molar refractivity (Wildman–Crippen MR) is 87.7 cm³/mol. The summed E-state index contributed by atoms with van der Waals surface area (Å²) < 4.78 is 1.15. The molecule has 2 heterocycles. The van der Waals surface area contributed by atoms with E-state index in [2.05, 4.69) is 16.0 Å². The maximum absolute atomic E-state index is 12.0. The fourth-order valence-corrected chi connectivity index (χ4v) is 5.33. The summed E-state index contributed by atoms with van der Waals surface area (Å²) in [6.07, 6.45) is 3.11. The number of carbonyl (C=O) groups is 2. The molecule has 124 valence electrons. The molecule has 5 nitrogen and oxygen atoms in total. The Bertz CT molecular complexity index is 598. The van der Waals surface area contributed by atoms with E-state index in [1.807, 2.05) is 36.0 Å². The van der Waals surface area contributed by atoms with Crippen molar-refractivity contribution in [1.29, 1.82) is 0 Å². The predicted octanol–water partition coefficient (Wildman–Crippen LogP) is 0.927. The number of hydrogen-bond donors (Lipinski definition) is 3. The molecule has 0 aliphatic carbocycles. The number of unbranched alkanes of at least 4 members (excludes halogenated alkanes) is 1. The van der Waals surface area contributed by atoms with E-state index >= 15 is 0 Å². The molecule has 3 rings (SSSR count). The molecule has 0 radical (unpaired) electrons. The van der Waals surface area contributed by atoms with Gasteiger partial charge in [-0.25, -0.2) is 4.79 Å². The number of benzene rings is 1. The zero-order valence-corrected chi connectivity index (χ0v) is 16.4. The average molecular weight is 528 g/mol. The Balaban J connectivity index is 1.34. The molecule has 0 spiro atoms. The van der Waals surface area contributed by atoms with Crippen LogP contribution in [0.2, 0.25) is 0 Å². The number of hydrogen-bond acceptors (Lipinski definition) is 3. The van der Waals surface area contributed by atoms with Crippen molar-refractivity contribution in [3.63, 3.8) is 0 Å². The number of thioether (sulfide) groups is 1. The molecule has 7 heteroatoms. The summed E-state index contributed by atoms with van der Waals surface area (Å²) in [5, 5.41) is 9.45. The van der Waals surface area contributed by atoms with Crippen molar-refractivity contribution in [2.75, 3.05) is 12.3 Å². The third-order valence-electron chi connectivity index (χ3n) is 4.23. The van der Waals surface area contributed by atoms with Crippen LogP contribution < -0.4 is 19.2 Å². The molecule has 2 fully saturated rings. The molecule has 1 aromatic carbocycles. The quantitative estimate of drug-likeness (QED) is 0.380. The third kappa shape index (κ3) is 4.39. The van der Waals surface area contributed by atoms with Crippen molar-refractivity contribution in [1.82, 2.24) is 16.0 Å². The second-order valence-corrected chi connectivity index (χ2v) is 8.85. The fourth-order valence-electron chi connectivity index (χ4n) is 3.05. The van der Waals surface area contributed by atoms with Crippen molar-refractivity contribution < 1.29 is 34.3 Å². The van der Waals surface area contributed by atoms with Crippen LogP contribution in [0, 0.1) is 24.7 Å². The SMILES string of the molecule is O=C1NC2CSC(CCCCNC(=O)c3cccc([At])c3)C2N1. The van der Waals surface area contributed by atoms with E-state index < -0.39 is 0 Å². The number of fused-ring (bicyclic) bond motifs is 1. The summed E-state index contributed by atoms with van der Waals surface area (Å²) in [6.45, 7) is 0.702. The van der Waals surface area contributed by atoms with Crippen LogP contribution in [0.5, 0.6) is 0 Å². The van der Waals surface area contributed by atoms with Crippen molar-refractivity contribution in [2.24, 2.45) is 0 Å². The van der Waals surface area contributed by atoms with Gasteiger partial charge in [-0.3, -0.25) is 0 Å². The Morgan fingerprint density at radius 1 is 1.35 bits per heavy atom. The minimum absolute atomic E-state index is 0.00543. The van der Waals surface area contributed by atoms with E-state index in [1.54, 1.807) is 24.7 Å². The summed E-state index contributed by atoms with van der Waals surface area (Å²) >= 11 is 3.51. The van der Waals surface area contributed by atoms with Gasteiger partial charge in [0.05, 0.1) is 0 Å². The summed E-state index contributed by atoms with van der Waals surface area (Å²) in [7, 11) is 0. The Morgan fingerprint density at radius 2 is 2.22 bits per heavy atom. The zero-order chi connectivity index (χ0) is 16.2. The Morgan fingerprint density at radius 3 is 3.04 bits per heavy atom. The minimum atomic E-state index is -0.0306. The number of carbonyl (C=O) groups excluding carboxylic acids is 2. The molecule has 2 aliphatic rings. The molecule has 3 unspecified atom stereocenters. The van der Waals surface area contributed by atoms with Gasteiger partial charge in [0.2, 0.25) is 0 Å². The molecule has 23 heavy (non-hydrogen) atoms. The van der Waals surface area contributed by atoms with Crippen LogP contribution in [0.1, 0.15) is 29.6 Å². The topological polar surface area (TPSA) is 70.2 Å². The molecule has 2 saturated heterocycles. The van der Waals surface area contributed by atoms with E-state index in [-0.39, 0.29) is 18.0 Å². The summed E-state index contributed by atoms with van der Waals surface area (Å²) in [5.41, 5.74) is 0.735. The first-order chi connectivity index (χ1) is 11.1. The van der Waals surface area contributed by atoms with Crippen LogP contribution in [0.3, 0.4) is 0 Å². The standard InChI is InChI=1S/C16H20AtN3O2S/c17-11-5-3-4-10(8-11)15(21)18-7-2-1-6-13-14-12(9-23-13)19-16(22)20-14/h3-5,8,12-14H,1-2,6-7,9H2,(H,18,21)(H2,19,20,22). The van der Waals surface area contributed by atoms with E-state index in [0.29, 0.717) is 17.8 Å². The molecule has 0 aromatic heterocycles. The van der Waals surface area contributed by atoms with Crippen LogP contribution >= 0.6 is 11.8 Å². The van der Waals surface area contributed by atoms with Gasteiger partial charge in [-0.2, -0.15) is 0 Å². The third-order valence-corrected chi connectivity index (χ3v) is 6.65.